The van der Waals surface area contributed by atoms with Crippen LogP contribution in [-0.4, -0.2) is 33.8 Å². The van der Waals surface area contributed by atoms with Gasteiger partial charge in [-0.05, 0) is 13.3 Å². The van der Waals surface area contributed by atoms with Crippen LogP contribution in [0.5, 0.6) is 0 Å². The number of aromatic nitrogens is 2. The van der Waals surface area contributed by atoms with Gasteiger partial charge >= 0.3 is 5.69 Å². The minimum atomic E-state index is -0.897. The first kappa shape index (κ1) is 14.1. The minimum absolute atomic E-state index is 0.298. The normalized spacial score (nSPS) is 10.6. The van der Waals surface area contributed by atoms with Gasteiger partial charge in [-0.3, -0.25) is 19.6 Å². The molecule has 18 heavy (non-hydrogen) atoms. The molecule has 1 rings (SSSR count). The predicted molar refractivity (Wildman–Crippen MR) is 63.3 cm³/mol. The number of ether oxygens (including phenoxy) is 1. The van der Waals surface area contributed by atoms with Gasteiger partial charge in [0.2, 0.25) is 5.69 Å². The van der Waals surface area contributed by atoms with Crippen molar-refractivity contribution in [2.45, 2.75) is 26.8 Å². The molecule has 1 amide bonds. The third-order valence-electron chi connectivity index (χ3n) is 2.43. The van der Waals surface area contributed by atoms with Gasteiger partial charge in [0, 0.05) is 6.61 Å². The molecule has 0 aromatic carbocycles. The van der Waals surface area contributed by atoms with E-state index in [1.807, 2.05) is 6.92 Å². The van der Waals surface area contributed by atoms with Crippen molar-refractivity contribution in [2.24, 2.45) is 5.73 Å². The highest BCUT2D eigenvalue weighted by molar-refractivity contribution is 5.95. The second-order valence-corrected chi connectivity index (χ2v) is 3.54. The van der Waals surface area contributed by atoms with Crippen LogP contribution in [0.3, 0.4) is 0 Å². The predicted octanol–water partition coefficient (Wildman–Crippen LogP) is 0.489. The van der Waals surface area contributed by atoms with E-state index in [1.165, 1.54) is 4.68 Å². The van der Waals surface area contributed by atoms with Crippen LogP contribution in [0.1, 0.15) is 30.0 Å². The van der Waals surface area contributed by atoms with Crippen LogP contribution in [0.2, 0.25) is 0 Å². The highest BCUT2D eigenvalue weighted by Crippen LogP contribution is 2.23. The summed E-state index contributed by atoms with van der Waals surface area (Å²) in [6.45, 7) is 4.88. The third kappa shape index (κ3) is 2.83. The van der Waals surface area contributed by atoms with Gasteiger partial charge in [0.1, 0.15) is 5.69 Å². The van der Waals surface area contributed by atoms with Gasteiger partial charge in [-0.2, -0.15) is 5.10 Å². The number of carbonyl (C=O) groups excluding carboxylic acids is 1. The molecule has 0 unspecified atom stereocenters. The number of carbonyl (C=O) groups is 1. The summed E-state index contributed by atoms with van der Waals surface area (Å²) in [7, 11) is 0. The molecule has 1 aromatic heterocycles. The van der Waals surface area contributed by atoms with Crippen LogP contribution in [0.4, 0.5) is 5.69 Å². The van der Waals surface area contributed by atoms with Crippen molar-refractivity contribution in [1.29, 1.82) is 0 Å². The van der Waals surface area contributed by atoms with Crippen molar-refractivity contribution in [2.75, 3.05) is 13.2 Å². The number of hydrogen-bond acceptors (Lipinski definition) is 5. The van der Waals surface area contributed by atoms with Crippen molar-refractivity contribution in [3.63, 3.8) is 0 Å². The molecular weight excluding hydrogens is 240 g/mol. The van der Waals surface area contributed by atoms with E-state index in [1.54, 1.807) is 6.92 Å². The van der Waals surface area contributed by atoms with Crippen molar-refractivity contribution >= 4 is 11.6 Å². The zero-order valence-corrected chi connectivity index (χ0v) is 10.4. The molecule has 0 aliphatic rings. The Morgan fingerprint density at radius 2 is 2.22 bits per heavy atom. The van der Waals surface area contributed by atoms with Crippen LogP contribution >= 0.6 is 0 Å². The molecule has 0 bridgehead atoms. The van der Waals surface area contributed by atoms with E-state index in [9.17, 15) is 14.9 Å². The molecule has 1 aromatic rings. The second kappa shape index (κ2) is 6.10. The molecule has 0 aliphatic heterocycles. The molecule has 8 nitrogen and oxygen atoms in total. The van der Waals surface area contributed by atoms with Crippen LogP contribution in [-0.2, 0) is 17.7 Å². The Morgan fingerprint density at radius 3 is 2.67 bits per heavy atom. The van der Waals surface area contributed by atoms with Crippen molar-refractivity contribution in [3.05, 3.63) is 21.5 Å². The maximum atomic E-state index is 11.1. The van der Waals surface area contributed by atoms with E-state index in [-0.39, 0.29) is 11.4 Å². The molecule has 0 fully saturated rings. The van der Waals surface area contributed by atoms with E-state index in [2.05, 4.69) is 5.10 Å². The Morgan fingerprint density at radius 1 is 1.56 bits per heavy atom. The Labute approximate surface area is 104 Å². The second-order valence-electron chi connectivity index (χ2n) is 3.54. The van der Waals surface area contributed by atoms with Crippen LogP contribution in [0.25, 0.3) is 0 Å². The van der Waals surface area contributed by atoms with Gasteiger partial charge in [-0.15, -0.1) is 0 Å². The number of nitro groups is 1. The summed E-state index contributed by atoms with van der Waals surface area (Å²) in [5, 5.41) is 14.9. The summed E-state index contributed by atoms with van der Waals surface area (Å²) in [5.41, 5.74) is 4.87. The third-order valence-corrected chi connectivity index (χ3v) is 2.43. The molecule has 0 atom stereocenters. The van der Waals surface area contributed by atoms with Gasteiger partial charge in [-0.25, -0.2) is 0 Å². The van der Waals surface area contributed by atoms with Crippen LogP contribution < -0.4 is 5.73 Å². The molecule has 0 spiro atoms. The quantitative estimate of drug-likeness (QED) is 0.433. The maximum Gasteiger partial charge on any atom is 0.323 e. The monoisotopic (exact) mass is 256 g/mol. The molecular formula is C10H16N4O4. The first-order chi connectivity index (χ1) is 8.52. The zero-order valence-electron chi connectivity index (χ0n) is 10.4. The van der Waals surface area contributed by atoms with Gasteiger partial charge in [0.25, 0.3) is 5.91 Å². The van der Waals surface area contributed by atoms with E-state index < -0.39 is 10.8 Å². The molecule has 100 valence electrons. The van der Waals surface area contributed by atoms with Gasteiger partial charge in [0.15, 0.2) is 0 Å². The summed E-state index contributed by atoms with van der Waals surface area (Å²) < 4.78 is 6.57. The number of nitrogens with two attached hydrogens (primary N) is 1. The fourth-order valence-electron chi connectivity index (χ4n) is 1.68. The van der Waals surface area contributed by atoms with Gasteiger partial charge in [-0.1, -0.05) is 6.92 Å². The molecule has 0 aliphatic carbocycles. The van der Waals surface area contributed by atoms with E-state index in [4.69, 9.17) is 10.5 Å². The lowest BCUT2D eigenvalue weighted by Crippen LogP contribution is -2.14. The summed E-state index contributed by atoms with van der Waals surface area (Å²) >= 11 is 0. The summed E-state index contributed by atoms with van der Waals surface area (Å²) in [4.78, 5) is 21.5. The van der Waals surface area contributed by atoms with Crippen molar-refractivity contribution in [1.82, 2.24) is 9.78 Å². The lowest BCUT2D eigenvalue weighted by Gasteiger charge is -2.04. The Bertz CT molecular complexity index is 455. The number of rotatable bonds is 7. The molecule has 2 N–H and O–H groups in total. The molecule has 0 radical (unpaired) electrons. The number of primary amides is 1. The topological polar surface area (TPSA) is 113 Å². The lowest BCUT2D eigenvalue weighted by molar-refractivity contribution is -0.385. The first-order valence-corrected chi connectivity index (χ1v) is 5.64. The fraction of sp³-hybridized carbons (Fsp3) is 0.600. The van der Waals surface area contributed by atoms with Crippen LogP contribution in [0, 0.1) is 10.1 Å². The smallest absolute Gasteiger partial charge is 0.323 e. The fourth-order valence-corrected chi connectivity index (χ4v) is 1.68. The van der Waals surface area contributed by atoms with Crippen molar-refractivity contribution in [3.8, 4) is 0 Å². The zero-order chi connectivity index (χ0) is 13.7. The SMILES string of the molecule is CCOCCn1nc(C(N)=O)c([N+](=O)[O-])c1CC. The van der Waals surface area contributed by atoms with Crippen LogP contribution in [0.15, 0.2) is 0 Å². The molecule has 1 heterocycles. The number of amides is 1. The highest BCUT2D eigenvalue weighted by Gasteiger charge is 2.29. The van der Waals surface area contributed by atoms with E-state index in [0.717, 1.165) is 0 Å². The molecule has 8 heteroatoms. The molecule has 0 saturated carbocycles. The lowest BCUT2D eigenvalue weighted by atomic mass is 10.2. The van der Waals surface area contributed by atoms with E-state index in [0.29, 0.717) is 31.9 Å². The van der Waals surface area contributed by atoms with Gasteiger partial charge in [0.05, 0.1) is 18.1 Å². The summed E-state index contributed by atoms with van der Waals surface area (Å²) in [5.74, 6) is -0.897. The Hall–Kier alpha value is -1.96. The summed E-state index contributed by atoms with van der Waals surface area (Å²) in [6.07, 6.45) is 0.392. The summed E-state index contributed by atoms with van der Waals surface area (Å²) in [6, 6.07) is 0. The standard InChI is InChI=1S/C10H16N4O4/c1-3-7-9(14(16)17)8(10(11)15)12-13(7)5-6-18-4-2/h3-6H2,1-2H3,(H2,11,15). The highest BCUT2D eigenvalue weighted by atomic mass is 16.6. The average molecular weight is 256 g/mol. The number of nitrogens with zero attached hydrogens (tertiary/aromatic N) is 3. The van der Waals surface area contributed by atoms with Gasteiger partial charge < -0.3 is 10.5 Å². The first-order valence-electron chi connectivity index (χ1n) is 5.64. The Kier molecular flexibility index (Phi) is 4.78. The number of hydrogen-bond donors (Lipinski definition) is 1. The maximum absolute atomic E-state index is 11.1. The van der Waals surface area contributed by atoms with E-state index >= 15 is 0 Å². The largest absolute Gasteiger partial charge is 0.380 e. The van der Waals surface area contributed by atoms with Crippen molar-refractivity contribution < 1.29 is 14.5 Å². The minimum Gasteiger partial charge on any atom is -0.380 e. The average Bonchev–Trinajstić information content (AvgIpc) is 2.68. The molecule has 0 saturated heterocycles. The Balaban J connectivity index is 3.14.